The molecule has 3 rings (SSSR count). The molecule has 8 nitrogen and oxygen atoms in total. The maximum absolute atomic E-state index is 13.1. The standard InChI is InChI=1S/C24H34N4O4/c1-5-20(29)28-14-13-26(15-17(28)4)16-19-21(23(30)32-7-3)22(18-11-9-8-10-12-18)25-24(31)27(19)6-2/h8-12,17,22H,5-7,13-16H2,1-4H3,(H,25,31)/t17-,22-/m0/s1. The molecule has 3 amide bonds. The van der Waals surface area contributed by atoms with E-state index in [4.69, 9.17) is 4.74 Å². The Balaban J connectivity index is 1.97. The molecule has 1 fully saturated rings. The maximum Gasteiger partial charge on any atom is 0.338 e. The van der Waals surface area contributed by atoms with Gasteiger partial charge in [-0.15, -0.1) is 0 Å². The number of likely N-dealkylation sites (N-methyl/N-ethyl adjacent to an activating group) is 1. The lowest BCUT2D eigenvalue weighted by molar-refractivity contribution is -0.139. The van der Waals surface area contributed by atoms with Gasteiger partial charge in [-0.05, 0) is 26.3 Å². The quantitative estimate of drug-likeness (QED) is 0.657. The van der Waals surface area contributed by atoms with Gasteiger partial charge in [0.1, 0.15) is 0 Å². The van der Waals surface area contributed by atoms with Crippen molar-refractivity contribution < 1.29 is 19.1 Å². The van der Waals surface area contributed by atoms with Crippen LogP contribution < -0.4 is 5.32 Å². The highest BCUT2D eigenvalue weighted by Crippen LogP contribution is 2.32. The van der Waals surface area contributed by atoms with Gasteiger partial charge in [-0.25, -0.2) is 9.59 Å². The van der Waals surface area contributed by atoms with E-state index in [1.54, 1.807) is 11.8 Å². The van der Waals surface area contributed by atoms with Crippen LogP contribution in [0.25, 0.3) is 0 Å². The Labute approximate surface area is 190 Å². The second kappa shape index (κ2) is 10.6. The van der Waals surface area contributed by atoms with Crippen molar-refractivity contribution in [3.8, 4) is 0 Å². The predicted octanol–water partition coefficient (Wildman–Crippen LogP) is 2.53. The molecule has 2 heterocycles. The number of hydrogen-bond acceptors (Lipinski definition) is 5. The third-order valence-corrected chi connectivity index (χ3v) is 6.09. The van der Waals surface area contributed by atoms with Gasteiger partial charge in [-0.2, -0.15) is 0 Å². The minimum absolute atomic E-state index is 0.0697. The normalized spacial score (nSPS) is 22.1. The Hall–Kier alpha value is -2.87. The van der Waals surface area contributed by atoms with E-state index in [2.05, 4.69) is 10.2 Å². The van der Waals surface area contributed by atoms with Crippen molar-refractivity contribution in [2.45, 2.75) is 46.2 Å². The van der Waals surface area contributed by atoms with E-state index in [1.165, 1.54) is 0 Å². The number of benzene rings is 1. The summed E-state index contributed by atoms with van der Waals surface area (Å²) in [6.45, 7) is 10.7. The van der Waals surface area contributed by atoms with Gasteiger partial charge < -0.3 is 15.0 Å². The SMILES string of the molecule is CCOC(=O)C1=C(CN2CCN(C(=O)CC)[C@@H](C)C2)N(CC)C(=O)N[C@H]1c1ccccc1. The molecule has 1 saturated heterocycles. The number of amides is 3. The van der Waals surface area contributed by atoms with Crippen LogP contribution in [0.15, 0.2) is 41.6 Å². The number of carbonyl (C=O) groups is 3. The van der Waals surface area contributed by atoms with Crippen LogP contribution in [0.5, 0.6) is 0 Å². The predicted molar refractivity (Wildman–Crippen MR) is 122 cm³/mol. The number of rotatable bonds is 7. The monoisotopic (exact) mass is 442 g/mol. The molecule has 1 aromatic carbocycles. The molecule has 0 aromatic heterocycles. The van der Waals surface area contributed by atoms with Gasteiger partial charge >= 0.3 is 12.0 Å². The van der Waals surface area contributed by atoms with Crippen molar-refractivity contribution in [2.75, 3.05) is 39.3 Å². The van der Waals surface area contributed by atoms with Crippen LogP contribution in [0.1, 0.15) is 45.7 Å². The molecular formula is C24H34N4O4. The molecule has 1 aromatic rings. The van der Waals surface area contributed by atoms with E-state index in [1.807, 2.05) is 56.0 Å². The first-order chi connectivity index (χ1) is 15.4. The second-order valence-electron chi connectivity index (χ2n) is 8.14. The molecule has 174 valence electrons. The maximum atomic E-state index is 13.1. The number of urea groups is 1. The summed E-state index contributed by atoms with van der Waals surface area (Å²) in [5.41, 5.74) is 1.98. The molecule has 1 N–H and O–H groups in total. The number of carbonyl (C=O) groups excluding carboxylic acids is 3. The Kier molecular flexibility index (Phi) is 7.90. The Morgan fingerprint density at radius 2 is 1.84 bits per heavy atom. The van der Waals surface area contributed by atoms with Crippen LogP contribution in [0, 0.1) is 0 Å². The fraction of sp³-hybridized carbons (Fsp3) is 0.542. The number of hydrogen-bond donors (Lipinski definition) is 1. The van der Waals surface area contributed by atoms with Gasteiger partial charge in [0.25, 0.3) is 0 Å². The minimum Gasteiger partial charge on any atom is -0.463 e. The summed E-state index contributed by atoms with van der Waals surface area (Å²) < 4.78 is 5.42. The van der Waals surface area contributed by atoms with Gasteiger partial charge in [0.05, 0.1) is 18.2 Å². The van der Waals surface area contributed by atoms with Crippen LogP contribution in [-0.4, -0.2) is 78.0 Å². The zero-order chi connectivity index (χ0) is 23.3. The van der Waals surface area contributed by atoms with Crippen molar-refractivity contribution in [1.29, 1.82) is 0 Å². The summed E-state index contributed by atoms with van der Waals surface area (Å²) in [6, 6.07) is 8.77. The third kappa shape index (κ3) is 4.96. The molecule has 0 radical (unpaired) electrons. The molecule has 0 unspecified atom stereocenters. The molecule has 0 aliphatic carbocycles. The summed E-state index contributed by atoms with van der Waals surface area (Å²) in [6.07, 6.45) is 0.491. The van der Waals surface area contributed by atoms with Crippen molar-refractivity contribution in [3.05, 3.63) is 47.2 Å². The van der Waals surface area contributed by atoms with Crippen molar-refractivity contribution in [3.63, 3.8) is 0 Å². The Morgan fingerprint density at radius 3 is 2.44 bits per heavy atom. The van der Waals surface area contributed by atoms with Gasteiger partial charge in [-0.3, -0.25) is 14.6 Å². The van der Waals surface area contributed by atoms with Gasteiger partial charge in [0.2, 0.25) is 5.91 Å². The first-order valence-electron chi connectivity index (χ1n) is 11.5. The fourth-order valence-corrected chi connectivity index (χ4v) is 4.52. The lowest BCUT2D eigenvalue weighted by atomic mass is 9.94. The van der Waals surface area contributed by atoms with E-state index in [0.29, 0.717) is 50.4 Å². The van der Waals surface area contributed by atoms with Crippen molar-refractivity contribution >= 4 is 17.9 Å². The number of nitrogens with zero attached hydrogens (tertiary/aromatic N) is 3. The highest BCUT2D eigenvalue weighted by atomic mass is 16.5. The number of piperazine rings is 1. The highest BCUT2D eigenvalue weighted by Gasteiger charge is 2.39. The molecular weight excluding hydrogens is 408 g/mol. The summed E-state index contributed by atoms with van der Waals surface area (Å²) >= 11 is 0. The molecule has 0 spiro atoms. The smallest absolute Gasteiger partial charge is 0.338 e. The fourth-order valence-electron chi connectivity index (χ4n) is 4.52. The first-order valence-corrected chi connectivity index (χ1v) is 11.5. The first kappa shape index (κ1) is 23.8. The van der Waals surface area contributed by atoms with Crippen LogP contribution >= 0.6 is 0 Å². The van der Waals surface area contributed by atoms with Gasteiger partial charge in [-0.1, -0.05) is 37.3 Å². The lowest BCUT2D eigenvalue weighted by Crippen LogP contribution is -2.56. The molecule has 0 bridgehead atoms. The van der Waals surface area contributed by atoms with Gasteiger partial charge in [0, 0.05) is 50.9 Å². The molecule has 8 heteroatoms. The van der Waals surface area contributed by atoms with E-state index < -0.39 is 12.0 Å². The zero-order valence-corrected chi connectivity index (χ0v) is 19.5. The molecule has 2 atom stereocenters. The van der Waals surface area contributed by atoms with Crippen molar-refractivity contribution in [1.82, 2.24) is 20.0 Å². The number of nitrogens with one attached hydrogen (secondary N) is 1. The van der Waals surface area contributed by atoms with Crippen molar-refractivity contribution in [2.24, 2.45) is 0 Å². The summed E-state index contributed by atoms with van der Waals surface area (Å²) in [4.78, 5) is 44.1. The Morgan fingerprint density at radius 1 is 1.12 bits per heavy atom. The average molecular weight is 443 g/mol. The van der Waals surface area contributed by atoms with E-state index >= 15 is 0 Å². The lowest BCUT2D eigenvalue weighted by Gasteiger charge is -2.42. The second-order valence-corrected chi connectivity index (χ2v) is 8.14. The van der Waals surface area contributed by atoms with Crippen LogP contribution in [-0.2, 0) is 14.3 Å². The summed E-state index contributed by atoms with van der Waals surface area (Å²) in [7, 11) is 0. The molecule has 2 aliphatic rings. The van der Waals surface area contributed by atoms with Gasteiger partial charge in [0.15, 0.2) is 0 Å². The third-order valence-electron chi connectivity index (χ3n) is 6.09. The zero-order valence-electron chi connectivity index (χ0n) is 19.5. The van der Waals surface area contributed by atoms with Crippen LogP contribution in [0.2, 0.25) is 0 Å². The Bertz CT molecular complexity index is 870. The van der Waals surface area contributed by atoms with E-state index in [-0.39, 0.29) is 24.6 Å². The largest absolute Gasteiger partial charge is 0.463 e. The number of ether oxygens (including phenoxy) is 1. The average Bonchev–Trinajstić information content (AvgIpc) is 2.79. The molecule has 32 heavy (non-hydrogen) atoms. The number of esters is 1. The molecule has 2 aliphatic heterocycles. The summed E-state index contributed by atoms with van der Waals surface area (Å²) in [5.74, 6) is -0.261. The summed E-state index contributed by atoms with van der Waals surface area (Å²) in [5, 5.41) is 2.99. The highest BCUT2D eigenvalue weighted by molar-refractivity contribution is 5.95. The topological polar surface area (TPSA) is 82.2 Å². The van der Waals surface area contributed by atoms with Crippen LogP contribution in [0.4, 0.5) is 4.79 Å². The molecule has 0 saturated carbocycles. The van der Waals surface area contributed by atoms with Crippen LogP contribution in [0.3, 0.4) is 0 Å². The van der Waals surface area contributed by atoms with E-state index in [9.17, 15) is 14.4 Å². The van der Waals surface area contributed by atoms with E-state index in [0.717, 1.165) is 5.56 Å². The minimum atomic E-state index is -0.569.